The van der Waals surface area contributed by atoms with Gasteiger partial charge in [0.25, 0.3) is 0 Å². The summed E-state index contributed by atoms with van der Waals surface area (Å²) in [5, 5.41) is 0. The van der Waals surface area contributed by atoms with E-state index in [0.717, 1.165) is 6.42 Å². The van der Waals surface area contributed by atoms with Crippen molar-refractivity contribution in [1.82, 2.24) is 4.90 Å². The van der Waals surface area contributed by atoms with E-state index in [2.05, 4.69) is 46.4 Å². The highest BCUT2D eigenvalue weighted by Crippen LogP contribution is 2.21. The van der Waals surface area contributed by atoms with Crippen LogP contribution in [0.2, 0.25) is 0 Å². The number of rotatable bonds is 7. The quantitative estimate of drug-likeness (QED) is 0.676. The summed E-state index contributed by atoms with van der Waals surface area (Å²) in [6.07, 6.45) is 0.966. The molecule has 0 saturated carbocycles. The van der Waals surface area contributed by atoms with Gasteiger partial charge in [-0.15, -0.1) is 0 Å². The maximum atomic E-state index is 12.4. The lowest BCUT2D eigenvalue weighted by atomic mass is 9.91. The summed E-state index contributed by atoms with van der Waals surface area (Å²) in [6.45, 7) is 17.1. The van der Waals surface area contributed by atoms with Gasteiger partial charge in [0.05, 0.1) is 6.04 Å². The molecule has 0 heterocycles. The molecule has 0 fully saturated rings. The SMILES string of the molecule is CC(C)CC(C(=O)C(C)C)N(C(C)C)C(C)C. The smallest absolute Gasteiger partial charge is 0.152 e. The van der Waals surface area contributed by atoms with Gasteiger partial charge < -0.3 is 0 Å². The molecule has 0 aliphatic rings. The fourth-order valence-electron chi connectivity index (χ4n) is 2.53. The number of carbonyl (C=O) groups is 1. The predicted octanol–water partition coefficient (Wildman–Crippen LogP) is 3.75. The van der Waals surface area contributed by atoms with Crippen LogP contribution in [-0.2, 0) is 4.79 Å². The van der Waals surface area contributed by atoms with Crippen molar-refractivity contribution in [3.63, 3.8) is 0 Å². The molecular formula is C15H31NO. The molecule has 0 aromatic heterocycles. The number of hydrogen-bond acceptors (Lipinski definition) is 2. The molecule has 0 rings (SSSR count). The van der Waals surface area contributed by atoms with E-state index in [0.29, 0.717) is 23.8 Å². The monoisotopic (exact) mass is 241 g/mol. The molecule has 17 heavy (non-hydrogen) atoms. The summed E-state index contributed by atoms with van der Waals surface area (Å²) >= 11 is 0. The number of carbonyl (C=O) groups excluding carboxylic acids is 1. The van der Waals surface area contributed by atoms with Crippen molar-refractivity contribution in [3.8, 4) is 0 Å². The third-order valence-corrected chi connectivity index (χ3v) is 3.14. The molecule has 102 valence electrons. The highest BCUT2D eigenvalue weighted by molar-refractivity contribution is 5.85. The second-order valence-electron chi connectivity index (χ2n) is 6.34. The van der Waals surface area contributed by atoms with Crippen LogP contribution in [0.4, 0.5) is 0 Å². The molecule has 1 unspecified atom stereocenters. The Morgan fingerprint density at radius 1 is 0.882 bits per heavy atom. The van der Waals surface area contributed by atoms with Crippen LogP contribution in [0.15, 0.2) is 0 Å². The van der Waals surface area contributed by atoms with Gasteiger partial charge >= 0.3 is 0 Å². The van der Waals surface area contributed by atoms with E-state index in [1.165, 1.54) is 0 Å². The first-order chi connectivity index (χ1) is 7.68. The molecule has 0 saturated heterocycles. The first-order valence-corrected chi connectivity index (χ1v) is 6.99. The Kier molecular flexibility index (Phi) is 6.99. The summed E-state index contributed by atoms with van der Waals surface area (Å²) in [4.78, 5) is 14.8. The summed E-state index contributed by atoms with van der Waals surface area (Å²) in [7, 11) is 0. The zero-order valence-corrected chi connectivity index (χ0v) is 12.9. The zero-order valence-electron chi connectivity index (χ0n) is 12.9. The van der Waals surface area contributed by atoms with Crippen LogP contribution < -0.4 is 0 Å². The van der Waals surface area contributed by atoms with E-state index in [1.54, 1.807) is 0 Å². The Hall–Kier alpha value is -0.370. The van der Waals surface area contributed by atoms with Crippen LogP contribution in [-0.4, -0.2) is 28.8 Å². The van der Waals surface area contributed by atoms with Crippen molar-refractivity contribution in [2.75, 3.05) is 0 Å². The molecule has 2 nitrogen and oxygen atoms in total. The lowest BCUT2D eigenvalue weighted by Gasteiger charge is -2.39. The molecule has 2 heteroatoms. The van der Waals surface area contributed by atoms with Crippen molar-refractivity contribution in [3.05, 3.63) is 0 Å². The Labute approximate surface area is 108 Å². The fourth-order valence-corrected chi connectivity index (χ4v) is 2.53. The maximum absolute atomic E-state index is 12.4. The molecule has 0 radical (unpaired) electrons. The minimum Gasteiger partial charge on any atom is -0.298 e. The van der Waals surface area contributed by atoms with E-state index < -0.39 is 0 Å². The average molecular weight is 241 g/mol. The first-order valence-electron chi connectivity index (χ1n) is 6.99. The lowest BCUT2D eigenvalue weighted by molar-refractivity contribution is -0.129. The molecule has 0 N–H and O–H groups in total. The number of hydrogen-bond donors (Lipinski definition) is 0. The molecule has 0 aliphatic heterocycles. The summed E-state index contributed by atoms with van der Waals surface area (Å²) in [5.41, 5.74) is 0. The standard InChI is InChI=1S/C15H31NO/c1-10(2)9-14(15(17)11(3)4)16(12(5)6)13(7)8/h10-14H,9H2,1-8H3. The highest BCUT2D eigenvalue weighted by atomic mass is 16.1. The van der Waals surface area contributed by atoms with E-state index in [9.17, 15) is 4.79 Å². The third-order valence-electron chi connectivity index (χ3n) is 3.14. The van der Waals surface area contributed by atoms with E-state index in [1.807, 2.05) is 13.8 Å². The predicted molar refractivity (Wildman–Crippen MR) is 75.2 cm³/mol. The van der Waals surface area contributed by atoms with Gasteiger partial charge in [0.2, 0.25) is 0 Å². The van der Waals surface area contributed by atoms with Crippen molar-refractivity contribution < 1.29 is 4.79 Å². The van der Waals surface area contributed by atoms with Gasteiger partial charge in [-0.2, -0.15) is 0 Å². The minimum absolute atomic E-state index is 0.0787. The van der Waals surface area contributed by atoms with Crippen molar-refractivity contribution in [2.45, 2.75) is 79.9 Å². The van der Waals surface area contributed by atoms with Gasteiger partial charge in [-0.25, -0.2) is 0 Å². The van der Waals surface area contributed by atoms with Crippen LogP contribution in [0.5, 0.6) is 0 Å². The topological polar surface area (TPSA) is 20.3 Å². The third kappa shape index (κ3) is 5.20. The van der Waals surface area contributed by atoms with E-state index >= 15 is 0 Å². The molecule has 1 atom stereocenters. The van der Waals surface area contributed by atoms with Crippen molar-refractivity contribution in [1.29, 1.82) is 0 Å². The van der Waals surface area contributed by atoms with Crippen LogP contribution in [0.3, 0.4) is 0 Å². The summed E-state index contributed by atoms with van der Waals surface area (Å²) < 4.78 is 0. The molecule has 0 spiro atoms. The fraction of sp³-hybridized carbons (Fsp3) is 0.933. The normalized spacial score (nSPS) is 14.4. The average Bonchev–Trinajstić information content (AvgIpc) is 2.13. The van der Waals surface area contributed by atoms with Gasteiger partial charge in [0.1, 0.15) is 0 Å². The Bertz CT molecular complexity index is 223. The molecule has 0 amide bonds. The van der Waals surface area contributed by atoms with E-state index in [-0.39, 0.29) is 12.0 Å². The van der Waals surface area contributed by atoms with Gasteiger partial charge in [0, 0.05) is 18.0 Å². The molecule has 0 aromatic rings. The van der Waals surface area contributed by atoms with Gasteiger partial charge in [-0.05, 0) is 40.0 Å². The molecule has 0 aliphatic carbocycles. The summed E-state index contributed by atoms with van der Waals surface area (Å²) in [6, 6.07) is 0.915. The largest absolute Gasteiger partial charge is 0.298 e. The number of Topliss-reactive ketones (excluding diaryl/α,β-unsaturated/α-hetero) is 1. The molecular weight excluding hydrogens is 210 g/mol. The van der Waals surface area contributed by atoms with Crippen molar-refractivity contribution >= 4 is 5.78 Å². The van der Waals surface area contributed by atoms with Gasteiger partial charge in [0.15, 0.2) is 5.78 Å². The number of ketones is 1. The first kappa shape index (κ1) is 16.6. The minimum atomic E-state index is 0.0787. The van der Waals surface area contributed by atoms with Crippen LogP contribution in [0.1, 0.15) is 61.8 Å². The lowest BCUT2D eigenvalue weighted by Crippen LogP contribution is -2.50. The zero-order chi connectivity index (χ0) is 13.7. The van der Waals surface area contributed by atoms with Crippen LogP contribution >= 0.6 is 0 Å². The van der Waals surface area contributed by atoms with Crippen LogP contribution in [0, 0.1) is 11.8 Å². The van der Waals surface area contributed by atoms with Gasteiger partial charge in [-0.3, -0.25) is 9.69 Å². The van der Waals surface area contributed by atoms with Crippen molar-refractivity contribution in [2.24, 2.45) is 11.8 Å². The Morgan fingerprint density at radius 3 is 1.53 bits per heavy atom. The Morgan fingerprint density at radius 2 is 1.29 bits per heavy atom. The Balaban J connectivity index is 5.05. The molecule has 0 bridgehead atoms. The van der Waals surface area contributed by atoms with Crippen LogP contribution in [0.25, 0.3) is 0 Å². The van der Waals surface area contributed by atoms with E-state index in [4.69, 9.17) is 0 Å². The highest BCUT2D eigenvalue weighted by Gasteiger charge is 2.31. The number of nitrogens with zero attached hydrogens (tertiary/aromatic N) is 1. The maximum Gasteiger partial charge on any atom is 0.152 e. The van der Waals surface area contributed by atoms with Gasteiger partial charge in [-0.1, -0.05) is 27.7 Å². The second-order valence-corrected chi connectivity index (χ2v) is 6.34. The second kappa shape index (κ2) is 7.15. The summed E-state index contributed by atoms with van der Waals surface area (Å²) in [5.74, 6) is 1.07. The molecule has 0 aromatic carbocycles.